The first-order chi connectivity index (χ1) is 17.1. The molecule has 1 aliphatic heterocycles. The van der Waals surface area contributed by atoms with Crippen molar-refractivity contribution in [3.8, 4) is 0 Å². The van der Waals surface area contributed by atoms with Crippen molar-refractivity contribution in [2.45, 2.75) is 17.6 Å². The number of nitrogens with zero attached hydrogens (tertiary/aromatic N) is 4. The zero-order valence-electron chi connectivity index (χ0n) is 19.4. The standard InChI is InChI=1S/C26H26FN7S/c1-17-14-34-15-19(11-21(27)26(34)29-17)30-25-24-22(31-32-25)12-20(33-9-7-28-8-10-33)13-23(24)35-16-18-5-3-2-4-6-18/h2-6,11-15,28H,7-10,16H2,1H3,(H2,30,31,32). The smallest absolute Gasteiger partial charge is 0.173 e. The molecule has 3 aromatic heterocycles. The number of nitrogens with one attached hydrogen (secondary N) is 3. The Morgan fingerprint density at radius 2 is 1.91 bits per heavy atom. The molecule has 0 aliphatic carbocycles. The zero-order chi connectivity index (χ0) is 23.8. The average molecular weight is 488 g/mol. The van der Waals surface area contributed by atoms with Gasteiger partial charge in [0.1, 0.15) is 0 Å². The van der Waals surface area contributed by atoms with Gasteiger partial charge in [0.2, 0.25) is 0 Å². The maximum Gasteiger partial charge on any atom is 0.173 e. The molecule has 1 saturated heterocycles. The van der Waals surface area contributed by atoms with Gasteiger partial charge in [-0.05, 0) is 24.6 Å². The van der Waals surface area contributed by atoms with Crippen molar-refractivity contribution in [2.75, 3.05) is 36.4 Å². The number of aromatic nitrogens is 4. The van der Waals surface area contributed by atoms with Crippen molar-refractivity contribution in [1.29, 1.82) is 0 Å². The summed E-state index contributed by atoms with van der Waals surface area (Å²) in [5.41, 5.74) is 5.11. The first-order valence-electron chi connectivity index (χ1n) is 11.7. The van der Waals surface area contributed by atoms with Crippen LogP contribution in [0.5, 0.6) is 0 Å². The second-order valence-electron chi connectivity index (χ2n) is 8.76. The lowest BCUT2D eigenvalue weighted by atomic mass is 10.2. The SMILES string of the molecule is Cc1cn2cc(Nc3n[nH]c4cc(N5CCNCC5)cc(SCc5ccccc5)c34)cc(F)c2n1. The van der Waals surface area contributed by atoms with Crippen LogP contribution in [0.2, 0.25) is 0 Å². The molecule has 0 radical (unpaired) electrons. The first-order valence-corrected chi connectivity index (χ1v) is 12.7. The second-order valence-corrected chi connectivity index (χ2v) is 9.78. The molecule has 4 heterocycles. The number of imidazole rings is 1. The Balaban J connectivity index is 1.39. The summed E-state index contributed by atoms with van der Waals surface area (Å²) in [4.78, 5) is 7.79. The fourth-order valence-corrected chi connectivity index (χ4v) is 5.60. The minimum Gasteiger partial charge on any atom is -0.369 e. The molecule has 35 heavy (non-hydrogen) atoms. The van der Waals surface area contributed by atoms with Crippen LogP contribution in [0.3, 0.4) is 0 Å². The van der Waals surface area contributed by atoms with Gasteiger partial charge < -0.3 is 19.9 Å². The molecular weight excluding hydrogens is 461 g/mol. The number of aromatic amines is 1. The van der Waals surface area contributed by atoms with Crippen LogP contribution >= 0.6 is 11.8 Å². The van der Waals surface area contributed by atoms with Crippen LogP contribution in [-0.2, 0) is 5.75 Å². The molecule has 7 nitrogen and oxygen atoms in total. The number of fused-ring (bicyclic) bond motifs is 2. The molecule has 1 aliphatic rings. The highest BCUT2D eigenvalue weighted by Crippen LogP contribution is 2.38. The fraction of sp³-hybridized carbons (Fsp3) is 0.231. The number of halogens is 1. The van der Waals surface area contributed by atoms with E-state index in [1.807, 2.05) is 25.4 Å². The Labute approximate surface area is 206 Å². The van der Waals surface area contributed by atoms with Gasteiger partial charge in [0.05, 0.1) is 22.3 Å². The van der Waals surface area contributed by atoms with E-state index < -0.39 is 0 Å². The van der Waals surface area contributed by atoms with Gasteiger partial charge in [0, 0.05) is 61.0 Å². The van der Waals surface area contributed by atoms with Crippen molar-refractivity contribution < 1.29 is 4.39 Å². The highest BCUT2D eigenvalue weighted by molar-refractivity contribution is 7.98. The summed E-state index contributed by atoms with van der Waals surface area (Å²) in [5, 5.41) is 15.5. The van der Waals surface area contributed by atoms with Crippen molar-refractivity contribution in [2.24, 2.45) is 0 Å². The topological polar surface area (TPSA) is 73.3 Å². The van der Waals surface area contributed by atoms with E-state index in [9.17, 15) is 4.39 Å². The lowest BCUT2D eigenvalue weighted by Gasteiger charge is -2.30. The Kier molecular flexibility index (Phi) is 5.79. The molecule has 0 atom stereocenters. The number of H-pyrrole nitrogens is 1. The van der Waals surface area contributed by atoms with E-state index in [2.05, 4.69) is 67.1 Å². The van der Waals surface area contributed by atoms with Gasteiger partial charge in [-0.15, -0.1) is 11.8 Å². The quantitative estimate of drug-likeness (QED) is 0.289. The third kappa shape index (κ3) is 4.44. The number of rotatable bonds is 6. The molecule has 178 valence electrons. The summed E-state index contributed by atoms with van der Waals surface area (Å²) in [6.07, 6.45) is 3.65. The molecule has 2 aromatic carbocycles. The number of hydrogen-bond acceptors (Lipinski definition) is 6. The lowest BCUT2D eigenvalue weighted by molar-refractivity contribution is 0.589. The van der Waals surface area contributed by atoms with E-state index >= 15 is 0 Å². The van der Waals surface area contributed by atoms with Crippen LogP contribution in [0, 0.1) is 12.7 Å². The Morgan fingerprint density at radius 1 is 1.09 bits per heavy atom. The number of hydrogen-bond donors (Lipinski definition) is 3. The van der Waals surface area contributed by atoms with Crippen LogP contribution in [0.1, 0.15) is 11.3 Å². The van der Waals surface area contributed by atoms with Gasteiger partial charge in [0.15, 0.2) is 17.3 Å². The molecule has 9 heteroatoms. The number of aryl methyl sites for hydroxylation is 1. The molecule has 0 amide bonds. The lowest BCUT2D eigenvalue weighted by Crippen LogP contribution is -2.43. The summed E-state index contributed by atoms with van der Waals surface area (Å²) >= 11 is 1.79. The predicted octanol–water partition coefficient (Wildman–Crippen LogP) is 5.10. The summed E-state index contributed by atoms with van der Waals surface area (Å²) in [6, 6.07) is 16.3. The maximum absolute atomic E-state index is 14.7. The molecule has 6 rings (SSSR count). The third-order valence-electron chi connectivity index (χ3n) is 6.22. The number of pyridine rings is 1. The van der Waals surface area contributed by atoms with Gasteiger partial charge in [-0.1, -0.05) is 30.3 Å². The second kappa shape index (κ2) is 9.24. The molecule has 1 fully saturated rings. The fourth-order valence-electron chi connectivity index (χ4n) is 4.54. The van der Waals surface area contributed by atoms with Crippen LogP contribution in [0.4, 0.5) is 21.6 Å². The highest BCUT2D eigenvalue weighted by atomic mass is 32.2. The first kappa shape index (κ1) is 21.9. The van der Waals surface area contributed by atoms with Crippen molar-refractivity contribution >= 4 is 45.5 Å². The predicted molar refractivity (Wildman–Crippen MR) is 140 cm³/mol. The molecule has 0 unspecified atom stereocenters. The number of thioether (sulfide) groups is 1. The monoisotopic (exact) mass is 487 g/mol. The van der Waals surface area contributed by atoms with E-state index in [4.69, 9.17) is 0 Å². The van der Waals surface area contributed by atoms with Crippen LogP contribution < -0.4 is 15.5 Å². The highest BCUT2D eigenvalue weighted by Gasteiger charge is 2.18. The average Bonchev–Trinajstić information content (AvgIpc) is 3.47. The molecule has 0 spiro atoms. The van der Waals surface area contributed by atoms with Gasteiger partial charge in [-0.2, -0.15) is 5.10 Å². The van der Waals surface area contributed by atoms with Crippen molar-refractivity contribution in [3.05, 3.63) is 78.0 Å². The van der Waals surface area contributed by atoms with E-state index in [0.29, 0.717) is 17.2 Å². The minimum absolute atomic E-state index is 0.319. The third-order valence-corrected chi connectivity index (χ3v) is 7.33. The van der Waals surface area contributed by atoms with Gasteiger partial charge in [-0.3, -0.25) is 5.10 Å². The molecule has 5 aromatic rings. The van der Waals surface area contributed by atoms with Crippen molar-refractivity contribution in [3.63, 3.8) is 0 Å². The van der Waals surface area contributed by atoms with Crippen LogP contribution in [0.25, 0.3) is 16.6 Å². The van der Waals surface area contributed by atoms with Gasteiger partial charge in [0.25, 0.3) is 0 Å². The molecular formula is C26H26FN7S. The van der Waals surface area contributed by atoms with E-state index in [1.165, 1.54) is 17.3 Å². The van der Waals surface area contributed by atoms with E-state index in [1.54, 1.807) is 16.2 Å². The summed E-state index contributed by atoms with van der Waals surface area (Å²) in [5.74, 6) is 1.15. The van der Waals surface area contributed by atoms with E-state index in [0.717, 1.165) is 53.4 Å². The number of piperazine rings is 1. The number of benzene rings is 2. The van der Waals surface area contributed by atoms with Gasteiger partial charge in [-0.25, -0.2) is 9.37 Å². The van der Waals surface area contributed by atoms with Crippen LogP contribution in [0.15, 0.2) is 65.8 Å². The zero-order valence-corrected chi connectivity index (χ0v) is 20.2. The number of anilines is 3. The minimum atomic E-state index is -0.373. The maximum atomic E-state index is 14.7. The summed E-state index contributed by atoms with van der Waals surface area (Å²) in [6.45, 7) is 5.74. The Morgan fingerprint density at radius 3 is 2.74 bits per heavy atom. The van der Waals surface area contributed by atoms with E-state index in [-0.39, 0.29) is 5.82 Å². The largest absolute Gasteiger partial charge is 0.369 e. The summed E-state index contributed by atoms with van der Waals surface area (Å²) in [7, 11) is 0. The molecule has 0 saturated carbocycles. The van der Waals surface area contributed by atoms with Gasteiger partial charge >= 0.3 is 0 Å². The molecule has 3 N–H and O–H groups in total. The normalized spacial score (nSPS) is 14.2. The van der Waals surface area contributed by atoms with Crippen molar-refractivity contribution in [1.82, 2.24) is 24.9 Å². The Bertz CT molecular complexity index is 1490. The molecule has 0 bridgehead atoms. The Hall–Kier alpha value is -3.56. The summed E-state index contributed by atoms with van der Waals surface area (Å²) < 4.78 is 16.4. The van der Waals surface area contributed by atoms with Crippen LogP contribution in [-0.4, -0.2) is 45.8 Å².